The number of aromatic amines is 2. The summed E-state index contributed by atoms with van der Waals surface area (Å²) in [4.78, 5) is 47.8. The highest BCUT2D eigenvalue weighted by atomic mass is 32.1. The Hall–Kier alpha value is -4.27. The first-order valence-corrected chi connectivity index (χ1v) is 20.3. The maximum absolute atomic E-state index is 14.7. The number of aromatic nitrogens is 5. The molecule has 2 bridgehead atoms. The van der Waals surface area contributed by atoms with Crippen LogP contribution in [0.2, 0.25) is 0 Å². The number of piperidine rings is 1. The summed E-state index contributed by atoms with van der Waals surface area (Å²) < 4.78 is 11.1. The van der Waals surface area contributed by atoms with Gasteiger partial charge in [-0.3, -0.25) is 28.9 Å². The van der Waals surface area contributed by atoms with Crippen LogP contribution in [0.5, 0.6) is 17.5 Å². The molecular weight excluding hydrogens is 725 g/mol. The minimum absolute atomic E-state index is 0.0415. The fourth-order valence-electron chi connectivity index (χ4n) is 10.1. The molecule has 0 radical (unpaired) electrons. The van der Waals surface area contributed by atoms with Gasteiger partial charge in [-0.05, 0) is 86.2 Å². The van der Waals surface area contributed by atoms with E-state index in [0.717, 1.165) is 95.0 Å². The first-order valence-electron chi connectivity index (χ1n) is 19.5. The van der Waals surface area contributed by atoms with Gasteiger partial charge < -0.3 is 29.0 Å². The molecule has 2 aliphatic heterocycles. The van der Waals surface area contributed by atoms with Gasteiger partial charge in [-0.15, -0.1) is 0 Å². The smallest absolute Gasteiger partial charge is 0.259 e. The van der Waals surface area contributed by atoms with Gasteiger partial charge in [-0.25, -0.2) is 0 Å². The van der Waals surface area contributed by atoms with E-state index in [0.29, 0.717) is 30.3 Å². The highest BCUT2D eigenvalue weighted by Crippen LogP contribution is 2.42. The fraction of sp³-hybridized carbons (Fsp3) is 0.525. The molecule has 2 aliphatic carbocycles. The summed E-state index contributed by atoms with van der Waals surface area (Å²) in [7, 11) is 1.61. The zero-order chi connectivity index (χ0) is 37.7. The highest BCUT2D eigenvalue weighted by molar-refractivity contribution is 7.71. The molecule has 4 aromatic rings. The average molecular weight is 773 g/mol. The van der Waals surface area contributed by atoms with Crippen LogP contribution in [-0.2, 0) is 13.1 Å². The van der Waals surface area contributed by atoms with Crippen molar-refractivity contribution in [2.24, 2.45) is 5.92 Å². The normalized spacial score (nSPS) is 22.4. The summed E-state index contributed by atoms with van der Waals surface area (Å²) >= 11 is 11.2. The van der Waals surface area contributed by atoms with E-state index in [-0.39, 0.29) is 50.1 Å². The molecule has 1 aromatic carbocycles. The predicted molar refractivity (Wildman–Crippen MR) is 207 cm³/mol. The van der Waals surface area contributed by atoms with Crippen LogP contribution in [0.25, 0.3) is 0 Å². The summed E-state index contributed by atoms with van der Waals surface area (Å²) in [6.45, 7) is 2.95. The monoisotopic (exact) mass is 772 g/mol. The van der Waals surface area contributed by atoms with E-state index in [1.54, 1.807) is 23.8 Å². The number of methoxy groups -OCH3 is 1. The Labute approximate surface area is 323 Å². The van der Waals surface area contributed by atoms with Crippen molar-refractivity contribution in [2.45, 2.75) is 108 Å². The molecular formula is C40H48N6O6S2. The van der Waals surface area contributed by atoms with E-state index in [4.69, 9.17) is 29.2 Å². The van der Waals surface area contributed by atoms with Gasteiger partial charge in [0.1, 0.15) is 12.3 Å². The van der Waals surface area contributed by atoms with Gasteiger partial charge in [0.2, 0.25) is 5.88 Å². The van der Waals surface area contributed by atoms with Crippen molar-refractivity contribution in [3.05, 3.63) is 105 Å². The molecule has 4 N–H and O–H groups in total. The molecule has 4 aliphatic rings. The third kappa shape index (κ3) is 6.70. The molecule has 1 saturated heterocycles. The first-order chi connectivity index (χ1) is 26.1. The Bertz CT molecular complexity index is 2270. The lowest BCUT2D eigenvalue weighted by Gasteiger charge is -2.40. The van der Waals surface area contributed by atoms with Gasteiger partial charge in [0.25, 0.3) is 16.7 Å². The van der Waals surface area contributed by atoms with Gasteiger partial charge >= 0.3 is 0 Å². The van der Waals surface area contributed by atoms with Crippen LogP contribution in [0.3, 0.4) is 0 Å². The van der Waals surface area contributed by atoms with Crippen LogP contribution < -0.4 is 31.4 Å². The van der Waals surface area contributed by atoms with Crippen LogP contribution in [0.1, 0.15) is 122 Å². The first kappa shape index (κ1) is 36.7. The number of likely N-dealkylation sites (tertiary alicyclic amines) is 1. The molecule has 8 rings (SSSR count). The lowest BCUT2D eigenvalue weighted by atomic mass is 9.82. The lowest BCUT2D eigenvalue weighted by molar-refractivity contribution is -0.924. The minimum Gasteiger partial charge on any atom is -0.860 e. The van der Waals surface area contributed by atoms with Gasteiger partial charge in [0.15, 0.2) is 9.54 Å². The number of quaternary nitrogens is 1. The summed E-state index contributed by atoms with van der Waals surface area (Å²) in [5.74, 6) is -0.897. The van der Waals surface area contributed by atoms with Crippen LogP contribution in [-0.4, -0.2) is 49.0 Å². The Kier molecular flexibility index (Phi) is 10.3. The number of rotatable bonds is 8. The third-order valence-electron chi connectivity index (χ3n) is 12.5. The molecule has 2 unspecified atom stereocenters. The van der Waals surface area contributed by atoms with E-state index < -0.39 is 22.9 Å². The maximum Gasteiger partial charge on any atom is 0.259 e. The Morgan fingerprint density at radius 3 is 2.22 bits per heavy atom. The average Bonchev–Trinajstić information content (AvgIpc) is 3.15. The predicted octanol–water partition coefficient (Wildman–Crippen LogP) is 4.47. The highest BCUT2D eigenvalue weighted by Gasteiger charge is 2.38. The molecule has 2 saturated carbocycles. The number of fused-ring (bicyclic) bond motifs is 4. The van der Waals surface area contributed by atoms with Gasteiger partial charge in [-0.1, -0.05) is 50.7 Å². The fourth-order valence-corrected chi connectivity index (χ4v) is 10.7. The van der Waals surface area contributed by atoms with Crippen LogP contribution in [0, 0.1) is 15.5 Å². The SMILES string of the molecule is COc1ccc(C(c2c([O-])n(C3CCCCC3)c(=S)[nH]c2=O)c2c(O)n(C3CCCCC3)c(=S)[nH]c2=O)cc1C[NH+]1C[C@H]2C[C@@H](C1)c1cccc(=O)n1C2. The Morgan fingerprint density at radius 2 is 1.54 bits per heavy atom. The van der Waals surface area contributed by atoms with Crippen molar-refractivity contribution < 1.29 is 19.8 Å². The number of hydrogen-bond acceptors (Lipinski definition) is 8. The minimum atomic E-state index is -1.24. The standard InChI is InChI=1S/C40H48N6O6S2/c1-52-30-16-15-24(18-26(30)22-43-19-23-17-25(21-43)29-13-8-14-31(47)44(29)20-23)32(33-35(48)41-39(53)45(37(33)50)27-9-4-2-5-10-27)34-36(49)42-40(54)46(38(34)51)28-11-6-3-7-12-28/h8,13-16,18,23,25,27-28,32,50-51H,2-7,9-12,17,19-22H2,1H3,(H,41,48,53)(H,42,49,54)/t23-,25+/m1/s1. The van der Waals surface area contributed by atoms with Crippen molar-refractivity contribution in [1.82, 2.24) is 23.7 Å². The molecule has 0 spiro atoms. The molecule has 286 valence electrons. The topological polar surface area (TPSA) is 155 Å². The van der Waals surface area contributed by atoms with Crippen molar-refractivity contribution >= 4 is 24.4 Å². The quantitative estimate of drug-likeness (QED) is 0.192. The van der Waals surface area contributed by atoms with Crippen LogP contribution in [0.15, 0.2) is 50.8 Å². The zero-order valence-corrected chi connectivity index (χ0v) is 32.2. The van der Waals surface area contributed by atoms with Gasteiger partial charge in [0, 0.05) is 53.4 Å². The van der Waals surface area contributed by atoms with Crippen molar-refractivity contribution in [3.8, 4) is 17.5 Å². The summed E-state index contributed by atoms with van der Waals surface area (Å²) in [6.07, 6.45) is 10.0. The molecule has 4 atom stereocenters. The number of nitrogens with zero attached hydrogens (tertiary/aromatic N) is 3. The maximum atomic E-state index is 14.7. The molecule has 5 heterocycles. The van der Waals surface area contributed by atoms with E-state index in [1.165, 1.54) is 9.47 Å². The number of nitrogens with one attached hydrogen (secondary N) is 3. The number of ether oxygens (including phenoxy) is 1. The number of hydrogen-bond donors (Lipinski definition) is 4. The van der Waals surface area contributed by atoms with Crippen LogP contribution in [0.4, 0.5) is 0 Å². The molecule has 12 nitrogen and oxygen atoms in total. The largest absolute Gasteiger partial charge is 0.860 e. The van der Waals surface area contributed by atoms with Crippen molar-refractivity contribution in [2.75, 3.05) is 20.2 Å². The zero-order valence-electron chi connectivity index (χ0n) is 30.6. The van der Waals surface area contributed by atoms with Crippen LogP contribution >= 0.6 is 24.4 Å². The van der Waals surface area contributed by atoms with E-state index in [1.807, 2.05) is 22.8 Å². The summed E-state index contributed by atoms with van der Waals surface area (Å²) in [6, 6.07) is 10.7. The Balaban J connectivity index is 1.27. The number of aromatic hydroxyl groups is 1. The van der Waals surface area contributed by atoms with E-state index >= 15 is 0 Å². The molecule has 54 heavy (non-hydrogen) atoms. The molecule has 0 amide bonds. The second-order valence-electron chi connectivity index (χ2n) is 15.8. The summed E-state index contributed by atoms with van der Waals surface area (Å²) in [5, 5.41) is 26.9. The van der Waals surface area contributed by atoms with Crippen molar-refractivity contribution in [3.63, 3.8) is 0 Å². The van der Waals surface area contributed by atoms with Gasteiger partial charge in [-0.2, -0.15) is 0 Å². The second-order valence-corrected chi connectivity index (χ2v) is 16.6. The number of H-pyrrole nitrogens is 2. The van der Waals surface area contributed by atoms with E-state index in [2.05, 4.69) is 16.0 Å². The number of benzene rings is 1. The van der Waals surface area contributed by atoms with Crippen molar-refractivity contribution in [1.29, 1.82) is 0 Å². The lowest BCUT2D eigenvalue weighted by Crippen LogP contribution is -3.13. The van der Waals surface area contributed by atoms with E-state index in [9.17, 15) is 24.6 Å². The number of pyridine rings is 1. The molecule has 14 heteroatoms. The summed E-state index contributed by atoms with van der Waals surface area (Å²) in [5.41, 5.74) is 0.862. The second kappa shape index (κ2) is 15.1. The molecule has 3 fully saturated rings. The van der Waals surface area contributed by atoms with Gasteiger partial charge in [0.05, 0.1) is 31.7 Å². The molecule has 3 aromatic heterocycles. The third-order valence-corrected chi connectivity index (χ3v) is 13.1. The Morgan fingerprint density at radius 1 is 0.889 bits per heavy atom.